The minimum absolute atomic E-state index is 0.862. The van der Waals surface area contributed by atoms with Crippen LogP contribution in [0.3, 0.4) is 0 Å². The molecule has 0 aliphatic carbocycles. The SMILES string of the molecule is c1ccc(-c2ccccc2N(c2ccc3oc4ccccc4c3c2)c2cc(N(c3ccccc3)c3ccccc3)c3c4ccccc4n(-c4ccccc4)c3c2)cc1. The topological polar surface area (TPSA) is 24.6 Å². The van der Waals surface area contributed by atoms with Gasteiger partial charge in [-0.15, -0.1) is 0 Å². The van der Waals surface area contributed by atoms with Crippen LogP contribution < -0.4 is 9.80 Å². The second-order valence-corrected chi connectivity index (χ2v) is 14.6. The van der Waals surface area contributed by atoms with Crippen LogP contribution in [0.4, 0.5) is 34.1 Å². The summed E-state index contributed by atoms with van der Waals surface area (Å²) in [6, 6.07) is 80.0. The summed E-state index contributed by atoms with van der Waals surface area (Å²) >= 11 is 0. The summed E-state index contributed by atoms with van der Waals surface area (Å²) in [5.41, 5.74) is 13.7. The molecule has 274 valence electrons. The molecular weight excluding hydrogens is 707 g/mol. The second kappa shape index (κ2) is 14.0. The van der Waals surface area contributed by atoms with Crippen molar-refractivity contribution in [1.29, 1.82) is 0 Å². The van der Waals surface area contributed by atoms with E-state index >= 15 is 0 Å². The van der Waals surface area contributed by atoms with Gasteiger partial charge in [-0.3, -0.25) is 0 Å². The number of anilines is 6. The van der Waals surface area contributed by atoms with Crippen LogP contribution in [0, 0.1) is 0 Å². The Kier molecular flexibility index (Phi) is 8.11. The lowest BCUT2D eigenvalue weighted by Crippen LogP contribution is -2.14. The van der Waals surface area contributed by atoms with Gasteiger partial charge in [0.15, 0.2) is 0 Å². The van der Waals surface area contributed by atoms with E-state index in [4.69, 9.17) is 4.42 Å². The van der Waals surface area contributed by atoms with E-state index in [1.54, 1.807) is 0 Å². The van der Waals surface area contributed by atoms with Crippen molar-refractivity contribution in [2.75, 3.05) is 9.80 Å². The predicted molar refractivity (Wildman–Crippen MR) is 243 cm³/mol. The Balaban J connectivity index is 1.29. The molecule has 0 fully saturated rings. The van der Waals surface area contributed by atoms with Crippen LogP contribution in [0.15, 0.2) is 229 Å². The van der Waals surface area contributed by atoms with Gasteiger partial charge in [0, 0.05) is 49.9 Å². The molecule has 11 aromatic rings. The van der Waals surface area contributed by atoms with Crippen molar-refractivity contribution in [3.05, 3.63) is 224 Å². The zero-order valence-corrected chi connectivity index (χ0v) is 31.6. The average molecular weight is 744 g/mol. The first-order valence-electron chi connectivity index (χ1n) is 19.7. The van der Waals surface area contributed by atoms with E-state index in [0.717, 1.165) is 83.9 Å². The Morgan fingerprint density at radius 1 is 0.345 bits per heavy atom. The first-order valence-corrected chi connectivity index (χ1v) is 19.7. The van der Waals surface area contributed by atoms with Crippen molar-refractivity contribution >= 4 is 77.9 Å². The number of aromatic nitrogens is 1. The number of nitrogens with zero attached hydrogens (tertiary/aromatic N) is 3. The lowest BCUT2D eigenvalue weighted by atomic mass is 10.0. The average Bonchev–Trinajstić information content (AvgIpc) is 3.84. The largest absolute Gasteiger partial charge is 0.456 e. The normalized spacial score (nSPS) is 11.4. The van der Waals surface area contributed by atoms with E-state index in [9.17, 15) is 0 Å². The zero-order chi connectivity index (χ0) is 38.4. The molecule has 0 saturated heterocycles. The maximum atomic E-state index is 6.37. The van der Waals surface area contributed by atoms with Gasteiger partial charge in [0.1, 0.15) is 11.2 Å². The fraction of sp³-hybridized carbons (Fsp3) is 0. The van der Waals surface area contributed by atoms with Gasteiger partial charge in [-0.2, -0.15) is 0 Å². The summed E-state index contributed by atoms with van der Waals surface area (Å²) in [5, 5.41) is 4.52. The Hall–Kier alpha value is -7.82. The molecular formula is C54H37N3O. The summed E-state index contributed by atoms with van der Waals surface area (Å²) in [7, 11) is 0. The molecule has 2 aromatic heterocycles. The summed E-state index contributed by atoms with van der Waals surface area (Å²) in [6.07, 6.45) is 0. The molecule has 9 aromatic carbocycles. The number of fused-ring (bicyclic) bond motifs is 6. The first kappa shape index (κ1) is 33.5. The Labute approximate surface area is 336 Å². The molecule has 0 atom stereocenters. The zero-order valence-electron chi connectivity index (χ0n) is 31.6. The molecule has 0 amide bonds. The van der Waals surface area contributed by atoms with E-state index in [1.807, 2.05) is 12.1 Å². The molecule has 0 aliphatic rings. The number of benzene rings is 9. The van der Waals surface area contributed by atoms with Gasteiger partial charge < -0.3 is 18.8 Å². The third kappa shape index (κ3) is 5.62. The third-order valence-electron chi connectivity index (χ3n) is 11.1. The van der Waals surface area contributed by atoms with Crippen LogP contribution in [-0.2, 0) is 0 Å². The van der Waals surface area contributed by atoms with Crippen molar-refractivity contribution in [2.24, 2.45) is 0 Å². The Morgan fingerprint density at radius 2 is 0.914 bits per heavy atom. The van der Waals surface area contributed by atoms with Gasteiger partial charge >= 0.3 is 0 Å². The molecule has 11 rings (SSSR count). The molecule has 0 radical (unpaired) electrons. The van der Waals surface area contributed by atoms with Crippen LogP contribution in [0.5, 0.6) is 0 Å². The van der Waals surface area contributed by atoms with Crippen LogP contribution in [0.1, 0.15) is 0 Å². The smallest absolute Gasteiger partial charge is 0.135 e. The van der Waals surface area contributed by atoms with Gasteiger partial charge in [-0.05, 0) is 90.5 Å². The van der Waals surface area contributed by atoms with E-state index in [0.29, 0.717) is 0 Å². The maximum absolute atomic E-state index is 6.37. The second-order valence-electron chi connectivity index (χ2n) is 14.6. The monoisotopic (exact) mass is 743 g/mol. The van der Waals surface area contributed by atoms with E-state index in [2.05, 4.69) is 227 Å². The van der Waals surface area contributed by atoms with Crippen molar-refractivity contribution < 1.29 is 4.42 Å². The van der Waals surface area contributed by atoms with Gasteiger partial charge in [0.05, 0.1) is 28.1 Å². The van der Waals surface area contributed by atoms with Crippen molar-refractivity contribution in [1.82, 2.24) is 4.57 Å². The Bertz CT molecular complexity index is 3190. The molecule has 0 bridgehead atoms. The number of hydrogen-bond donors (Lipinski definition) is 0. The van der Waals surface area contributed by atoms with E-state index in [1.165, 1.54) is 10.8 Å². The highest BCUT2D eigenvalue weighted by molar-refractivity contribution is 6.18. The molecule has 58 heavy (non-hydrogen) atoms. The molecule has 2 heterocycles. The quantitative estimate of drug-likeness (QED) is 0.155. The molecule has 4 nitrogen and oxygen atoms in total. The van der Waals surface area contributed by atoms with Gasteiger partial charge in [0.25, 0.3) is 0 Å². The molecule has 0 saturated carbocycles. The lowest BCUT2D eigenvalue weighted by molar-refractivity contribution is 0.669. The number of rotatable bonds is 8. The van der Waals surface area contributed by atoms with E-state index in [-0.39, 0.29) is 0 Å². The maximum Gasteiger partial charge on any atom is 0.135 e. The molecule has 4 heteroatoms. The predicted octanol–water partition coefficient (Wildman–Crippen LogP) is 15.3. The number of furan rings is 1. The molecule has 0 N–H and O–H groups in total. The van der Waals surface area contributed by atoms with E-state index < -0.39 is 0 Å². The minimum atomic E-state index is 0.862. The van der Waals surface area contributed by atoms with Gasteiger partial charge in [-0.25, -0.2) is 0 Å². The van der Waals surface area contributed by atoms with Crippen LogP contribution in [-0.4, -0.2) is 4.57 Å². The summed E-state index contributed by atoms with van der Waals surface area (Å²) in [6.45, 7) is 0. The number of hydrogen-bond acceptors (Lipinski definition) is 3. The third-order valence-corrected chi connectivity index (χ3v) is 11.1. The van der Waals surface area contributed by atoms with Gasteiger partial charge in [0.2, 0.25) is 0 Å². The fourth-order valence-electron chi connectivity index (χ4n) is 8.61. The van der Waals surface area contributed by atoms with Crippen molar-refractivity contribution in [3.63, 3.8) is 0 Å². The summed E-state index contributed by atoms with van der Waals surface area (Å²) < 4.78 is 8.78. The lowest BCUT2D eigenvalue weighted by Gasteiger charge is -2.31. The highest BCUT2D eigenvalue weighted by Gasteiger charge is 2.26. The molecule has 0 unspecified atom stereocenters. The highest BCUT2D eigenvalue weighted by Crippen LogP contribution is 2.49. The van der Waals surface area contributed by atoms with Crippen LogP contribution >= 0.6 is 0 Å². The number of para-hydroxylation sites is 6. The summed E-state index contributed by atoms with van der Waals surface area (Å²) in [5.74, 6) is 0. The molecule has 0 spiro atoms. The highest BCUT2D eigenvalue weighted by atomic mass is 16.3. The van der Waals surface area contributed by atoms with Crippen LogP contribution in [0.2, 0.25) is 0 Å². The minimum Gasteiger partial charge on any atom is -0.456 e. The van der Waals surface area contributed by atoms with Crippen molar-refractivity contribution in [3.8, 4) is 16.8 Å². The van der Waals surface area contributed by atoms with Gasteiger partial charge in [-0.1, -0.05) is 140 Å². The molecule has 0 aliphatic heterocycles. The summed E-state index contributed by atoms with van der Waals surface area (Å²) in [4.78, 5) is 4.83. The Morgan fingerprint density at radius 3 is 1.66 bits per heavy atom. The first-order chi connectivity index (χ1) is 28.8. The van der Waals surface area contributed by atoms with Crippen LogP contribution in [0.25, 0.3) is 60.6 Å². The van der Waals surface area contributed by atoms with Crippen molar-refractivity contribution in [2.45, 2.75) is 0 Å². The standard InChI is InChI=1S/C54H37N3O/c1-5-19-38(20-6-1)44-27-13-16-30-48(44)56(42-33-34-53-47(35-42)45-28-15-18-32-52(45)58-53)43-36-50(55(39-21-7-2-8-22-39)40-23-9-3-10-24-40)54-46-29-14-17-31-49(46)57(51(54)37-43)41-25-11-4-12-26-41/h1-37H. The fourth-order valence-corrected chi connectivity index (χ4v) is 8.61.